The number of hydrogen-bond acceptors (Lipinski definition) is 4. The van der Waals surface area contributed by atoms with E-state index < -0.39 is 11.8 Å². The summed E-state index contributed by atoms with van der Waals surface area (Å²) >= 11 is 0. The maximum atomic E-state index is 12.1. The summed E-state index contributed by atoms with van der Waals surface area (Å²) in [5, 5.41) is 2.78. The van der Waals surface area contributed by atoms with Gasteiger partial charge in [-0.1, -0.05) is 11.6 Å². The number of amides is 3. The quantitative estimate of drug-likeness (QED) is 0.662. The number of carbonyl (C=O) groups excluding carboxylic acids is 3. The highest BCUT2D eigenvalue weighted by Crippen LogP contribution is 2.20. The molecule has 2 heterocycles. The van der Waals surface area contributed by atoms with E-state index in [1.807, 2.05) is 0 Å². The Balaban J connectivity index is 1.52. The molecule has 120 valence electrons. The Morgan fingerprint density at radius 1 is 1.26 bits per heavy atom. The van der Waals surface area contributed by atoms with Gasteiger partial charge in [-0.15, -0.1) is 0 Å². The molecule has 0 atom stereocenters. The first-order valence-corrected chi connectivity index (χ1v) is 7.92. The van der Waals surface area contributed by atoms with E-state index in [1.165, 1.54) is 24.6 Å². The van der Waals surface area contributed by atoms with Crippen molar-refractivity contribution in [3.63, 3.8) is 0 Å². The van der Waals surface area contributed by atoms with Gasteiger partial charge in [0.1, 0.15) is 12.2 Å². The third kappa shape index (κ3) is 3.31. The molecule has 1 aliphatic heterocycles. The minimum absolute atomic E-state index is 0.123. The van der Waals surface area contributed by atoms with Gasteiger partial charge in [-0.2, -0.15) is 0 Å². The van der Waals surface area contributed by atoms with Gasteiger partial charge in [-0.05, 0) is 44.2 Å². The lowest BCUT2D eigenvalue weighted by molar-refractivity contribution is -0.121. The van der Waals surface area contributed by atoms with Gasteiger partial charge in [-0.3, -0.25) is 24.3 Å². The largest absolute Gasteiger partial charge is 0.354 e. The number of imide groups is 1. The van der Waals surface area contributed by atoms with Crippen LogP contribution in [0.2, 0.25) is 0 Å². The maximum absolute atomic E-state index is 12.1. The van der Waals surface area contributed by atoms with Crippen LogP contribution in [0, 0.1) is 0 Å². The number of pyridine rings is 1. The number of nitrogens with one attached hydrogen (secondary N) is 1. The number of fused-ring (bicyclic) bond motifs is 1. The molecule has 1 N–H and O–H groups in total. The van der Waals surface area contributed by atoms with Gasteiger partial charge in [0, 0.05) is 12.7 Å². The average molecular weight is 313 g/mol. The van der Waals surface area contributed by atoms with Gasteiger partial charge in [0.25, 0.3) is 11.8 Å². The number of rotatable bonds is 5. The molecule has 0 saturated heterocycles. The number of allylic oxidation sites excluding steroid dienone is 1. The number of nitrogens with zero attached hydrogens (tertiary/aromatic N) is 2. The predicted octanol–water partition coefficient (Wildman–Crippen LogP) is 1.68. The van der Waals surface area contributed by atoms with Crippen LogP contribution in [0.15, 0.2) is 30.0 Å². The fraction of sp³-hybridized carbons (Fsp3) is 0.412. The first-order valence-electron chi connectivity index (χ1n) is 7.92. The van der Waals surface area contributed by atoms with Gasteiger partial charge < -0.3 is 5.32 Å². The second kappa shape index (κ2) is 6.73. The van der Waals surface area contributed by atoms with Gasteiger partial charge >= 0.3 is 0 Å². The molecular weight excluding hydrogens is 294 g/mol. The van der Waals surface area contributed by atoms with Crippen LogP contribution in [0.3, 0.4) is 0 Å². The summed E-state index contributed by atoms with van der Waals surface area (Å²) in [4.78, 5) is 41.1. The summed E-state index contributed by atoms with van der Waals surface area (Å²) in [5.41, 5.74) is 1.76. The third-order valence-corrected chi connectivity index (χ3v) is 4.19. The molecule has 0 bridgehead atoms. The van der Waals surface area contributed by atoms with Crippen LogP contribution < -0.4 is 5.32 Å². The molecule has 0 spiro atoms. The van der Waals surface area contributed by atoms with Crippen molar-refractivity contribution < 1.29 is 14.4 Å². The van der Waals surface area contributed by atoms with Crippen molar-refractivity contribution in [1.82, 2.24) is 15.2 Å². The Morgan fingerprint density at radius 2 is 2.13 bits per heavy atom. The van der Waals surface area contributed by atoms with E-state index in [0.29, 0.717) is 6.54 Å². The zero-order valence-electron chi connectivity index (χ0n) is 12.9. The molecule has 0 saturated carbocycles. The highest BCUT2D eigenvalue weighted by Gasteiger charge is 2.37. The van der Waals surface area contributed by atoms with Crippen molar-refractivity contribution in [3.8, 4) is 0 Å². The summed E-state index contributed by atoms with van der Waals surface area (Å²) in [6.45, 7) is 0.277. The van der Waals surface area contributed by atoms with Gasteiger partial charge in [0.2, 0.25) is 5.91 Å². The van der Waals surface area contributed by atoms with Crippen LogP contribution in [-0.2, 0) is 4.79 Å². The summed E-state index contributed by atoms with van der Waals surface area (Å²) in [6.07, 6.45) is 9.20. The van der Waals surface area contributed by atoms with E-state index in [2.05, 4.69) is 16.4 Å². The van der Waals surface area contributed by atoms with E-state index in [9.17, 15) is 14.4 Å². The topological polar surface area (TPSA) is 79.4 Å². The standard InChI is InChI=1S/C17H19N3O3/c21-14(18-10-8-12-5-2-1-3-6-12)11-20-16(22)13-7-4-9-19-15(13)17(20)23/h4-5,7,9H,1-3,6,8,10-11H2,(H,18,21). The van der Waals surface area contributed by atoms with Crippen molar-refractivity contribution in [3.05, 3.63) is 41.2 Å². The zero-order chi connectivity index (χ0) is 16.2. The monoisotopic (exact) mass is 313 g/mol. The number of carbonyl (C=O) groups is 3. The fourth-order valence-corrected chi connectivity index (χ4v) is 2.95. The Labute approximate surface area is 134 Å². The number of hydrogen-bond donors (Lipinski definition) is 1. The molecule has 1 aliphatic carbocycles. The van der Waals surface area contributed by atoms with Crippen LogP contribution in [0.25, 0.3) is 0 Å². The van der Waals surface area contributed by atoms with Gasteiger partial charge in [-0.25, -0.2) is 0 Å². The minimum atomic E-state index is -0.504. The highest BCUT2D eigenvalue weighted by atomic mass is 16.2. The fourth-order valence-electron chi connectivity index (χ4n) is 2.95. The molecule has 0 aromatic carbocycles. The summed E-state index contributed by atoms with van der Waals surface area (Å²) in [5.74, 6) is -1.28. The SMILES string of the molecule is O=C(CN1C(=O)c2cccnc2C1=O)NCCC1=CCCCC1. The number of aromatic nitrogens is 1. The predicted molar refractivity (Wildman–Crippen MR) is 83.8 cm³/mol. The van der Waals surface area contributed by atoms with Crippen LogP contribution in [0.4, 0.5) is 0 Å². The first kappa shape index (κ1) is 15.4. The van der Waals surface area contributed by atoms with Crippen molar-refractivity contribution in [2.45, 2.75) is 32.1 Å². The molecule has 1 aromatic heterocycles. The Kier molecular flexibility index (Phi) is 4.50. The normalized spacial score (nSPS) is 17.0. The molecule has 0 radical (unpaired) electrons. The van der Waals surface area contributed by atoms with E-state index in [-0.39, 0.29) is 23.7 Å². The maximum Gasteiger partial charge on any atom is 0.280 e. The average Bonchev–Trinajstić information content (AvgIpc) is 2.81. The Morgan fingerprint density at radius 3 is 2.87 bits per heavy atom. The lowest BCUT2D eigenvalue weighted by Crippen LogP contribution is -2.40. The molecule has 3 rings (SSSR count). The van der Waals surface area contributed by atoms with Crippen molar-refractivity contribution in [2.24, 2.45) is 0 Å². The molecular formula is C17H19N3O3. The van der Waals surface area contributed by atoms with Crippen molar-refractivity contribution in [1.29, 1.82) is 0 Å². The first-order chi connectivity index (χ1) is 11.2. The summed E-state index contributed by atoms with van der Waals surface area (Å²) < 4.78 is 0. The zero-order valence-corrected chi connectivity index (χ0v) is 12.9. The highest BCUT2D eigenvalue weighted by molar-refractivity contribution is 6.21. The van der Waals surface area contributed by atoms with E-state index in [4.69, 9.17) is 0 Å². The molecule has 6 nitrogen and oxygen atoms in total. The smallest absolute Gasteiger partial charge is 0.280 e. The van der Waals surface area contributed by atoms with Gasteiger partial charge in [0.05, 0.1) is 5.56 Å². The lowest BCUT2D eigenvalue weighted by Gasteiger charge is -2.15. The van der Waals surface area contributed by atoms with Crippen LogP contribution in [0.1, 0.15) is 53.0 Å². The molecule has 1 aromatic rings. The lowest BCUT2D eigenvalue weighted by atomic mass is 9.97. The Hall–Kier alpha value is -2.50. The van der Waals surface area contributed by atoms with Crippen LogP contribution >= 0.6 is 0 Å². The van der Waals surface area contributed by atoms with E-state index >= 15 is 0 Å². The molecule has 6 heteroatoms. The van der Waals surface area contributed by atoms with E-state index in [0.717, 1.165) is 24.2 Å². The molecule has 0 fully saturated rings. The van der Waals surface area contributed by atoms with Crippen LogP contribution in [-0.4, -0.2) is 40.7 Å². The molecule has 0 unspecified atom stereocenters. The van der Waals surface area contributed by atoms with Gasteiger partial charge in [0.15, 0.2) is 0 Å². The molecule has 3 amide bonds. The molecule has 2 aliphatic rings. The second-order valence-electron chi connectivity index (χ2n) is 5.80. The second-order valence-corrected chi connectivity index (χ2v) is 5.80. The van der Waals surface area contributed by atoms with Crippen LogP contribution in [0.5, 0.6) is 0 Å². The summed E-state index contributed by atoms with van der Waals surface area (Å²) in [6, 6.07) is 3.15. The van der Waals surface area contributed by atoms with Crippen molar-refractivity contribution >= 4 is 17.7 Å². The molecule has 23 heavy (non-hydrogen) atoms. The third-order valence-electron chi connectivity index (χ3n) is 4.19. The minimum Gasteiger partial charge on any atom is -0.354 e. The van der Waals surface area contributed by atoms with Crippen molar-refractivity contribution in [2.75, 3.05) is 13.1 Å². The Bertz CT molecular complexity index is 646. The summed E-state index contributed by atoms with van der Waals surface area (Å²) in [7, 11) is 0. The van der Waals surface area contributed by atoms with E-state index in [1.54, 1.807) is 12.1 Å².